The van der Waals surface area contributed by atoms with Gasteiger partial charge in [-0.15, -0.1) is 11.3 Å². The maximum atomic E-state index is 13.3. The van der Waals surface area contributed by atoms with Crippen LogP contribution in [0.3, 0.4) is 0 Å². The number of aliphatic hydroxyl groups is 1. The van der Waals surface area contributed by atoms with Gasteiger partial charge in [0, 0.05) is 31.6 Å². The summed E-state index contributed by atoms with van der Waals surface area (Å²) in [6.45, 7) is 10.6. The molecule has 2 aliphatic rings. The van der Waals surface area contributed by atoms with Crippen molar-refractivity contribution < 1.29 is 14.7 Å². The highest BCUT2D eigenvalue weighted by Gasteiger charge is 2.57. The minimum Gasteiger partial charge on any atom is -0.390 e. The molecule has 0 bridgehead atoms. The Morgan fingerprint density at radius 2 is 1.78 bits per heavy atom. The zero-order chi connectivity index (χ0) is 19.8. The lowest BCUT2D eigenvalue weighted by Gasteiger charge is -2.42. The molecule has 8 heteroatoms. The van der Waals surface area contributed by atoms with E-state index in [0.29, 0.717) is 50.6 Å². The zero-order valence-corrected chi connectivity index (χ0v) is 17.5. The summed E-state index contributed by atoms with van der Waals surface area (Å²) in [5, 5.41) is 12.0. The van der Waals surface area contributed by atoms with Gasteiger partial charge in [0.05, 0.1) is 12.3 Å². The fourth-order valence-corrected chi connectivity index (χ4v) is 4.86. The molecule has 3 heterocycles. The molecule has 1 N–H and O–H groups in total. The summed E-state index contributed by atoms with van der Waals surface area (Å²) in [6.07, 6.45) is 1.24. The van der Waals surface area contributed by atoms with Crippen LogP contribution in [0, 0.1) is 11.8 Å². The molecular formula is C19H30N4O3S. The molecule has 150 valence electrons. The van der Waals surface area contributed by atoms with Gasteiger partial charge in [0.2, 0.25) is 0 Å². The summed E-state index contributed by atoms with van der Waals surface area (Å²) >= 11 is 1.51. The molecular weight excluding hydrogens is 364 g/mol. The number of piperidine rings is 1. The van der Waals surface area contributed by atoms with Crippen LogP contribution in [0.15, 0.2) is 5.38 Å². The molecule has 1 aromatic rings. The van der Waals surface area contributed by atoms with Gasteiger partial charge in [-0.3, -0.25) is 9.69 Å². The quantitative estimate of drug-likeness (QED) is 0.751. The van der Waals surface area contributed by atoms with Gasteiger partial charge in [-0.1, -0.05) is 27.7 Å². The largest absolute Gasteiger partial charge is 0.390 e. The van der Waals surface area contributed by atoms with Crippen LogP contribution in [0.2, 0.25) is 0 Å². The Kier molecular flexibility index (Phi) is 5.76. The van der Waals surface area contributed by atoms with E-state index in [2.05, 4.69) is 23.7 Å². The number of imide groups is 1. The van der Waals surface area contributed by atoms with Crippen molar-refractivity contribution in [1.29, 1.82) is 0 Å². The van der Waals surface area contributed by atoms with E-state index >= 15 is 0 Å². The normalized spacial score (nSPS) is 20.0. The van der Waals surface area contributed by atoms with E-state index in [9.17, 15) is 14.7 Å². The molecule has 2 saturated heterocycles. The molecule has 0 unspecified atom stereocenters. The number of nitrogens with zero attached hydrogens (tertiary/aromatic N) is 4. The Balaban J connectivity index is 1.81. The van der Waals surface area contributed by atoms with E-state index in [1.807, 2.05) is 24.1 Å². The van der Waals surface area contributed by atoms with E-state index in [-0.39, 0.29) is 24.5 Å². The Morgan fingerprint density at radius 3 is 2.30 bits per heavy atom. The second-order valence-electron chi connectivity index (χ2n) is 8.39. The van der Waals surface area contributed by atoms with Gasteiger partial charge in [-0.05, 0) is 24.7 Å². The van der Waals surface area contributed by atoms with E-state index in [0.717, 1.165) is 5.13 Å². The van der Waals surface area contributed by atoms with E-state index in [1.54, 1.807) is 0 Å². The topological polar surface area (TPSA) is 77.0 Å². The number of hydrogen-bond acceptors (Lipinski definition) is 6. The molecule has 0 radical (unpaired) electrons. The van der Waals surface area contributed by atoms with Crippen molar-refractivity contribution in [3.05, 3.63) is 11.1 Å². The SMILES string of the molecule is CC(C)CN1C(=O)N(CC(C)C)C2(CCN(c3nc(CO)cs3)CC2)C1=O. The second-order valence-corrected chi connectivity index (χ2v) is 9.23. The highest BCUT2D eigenvalue weighted by Crippen LogP contribution is 2.39. The molecule has 0 saturated carbocycles. The van der Waals surface area contributed by atoms with Gasteiger partial charge in [0.1, 0.15) is 5.54 Å². The fourth-order valence-electron chi connectivity index (χ4n) is 3.99. The third-order valence-corrected chi connectivity index (χ3v) is 6.23. The highest BCUT2D eigenvalue weighted by atomic mass is 32.1. The number of carbonyl (C=O) groups excluding carboxylic acids is 2. The van der Waals surface area contributed by atoms with Crippen molar-refractivity contribution in [3.8, 4) is 0 Å². The Bertz CT molecular complexity index is 695. The van der Waals surface area contributed by atoms with E-state index in [1.165, 1.54) is 16.2 Å². The smallest absolute Gasteiger partial charge is 0.327 e. The first-order valence-corrected chi connectivity index (χ1v) is 10.6. The average Bonchev–Trinajstić information content (AvgIpc) is 3.17. The molecule has 7 nitrogen and oxygen atoms in total. The Hall–Kier alpha value is -1.67. The van der Waals surface area contributed by atoms with Crippen molar-refractivity contribution in [1.82, 2.24) is 14.8 Å². The number of amides is 3. The number of rotatable bonds is 6. The first-order chi connectivity index (χ1) is 12.8. The van der Waals surface area contributed by atoms with E-state index < -0.39 is 5.54 Å². The zero-order valence-electron chi connectivity index (χ0n) is 16.6. The molecule has 2 aliphatic heterocycles. The standard InChI is InChI=1S/C19H30N4O3S/c1-13(2)9-22-16(25)19(23(18(22)26)10-14(3)4)5-7-21(8-6-19)17-20-15(11-24)12-27-17/h12-14,24H,5-11H2,1-4H3. The van der Waals surface area contributed by atoms with Gasteiger partial charge in [0.15, 0.2) is 5.13 Å². The van der Waals surface area contributed by atoms with Crippen LogP contribution >= 0.6 is 11.3 Å². The van der Waals surface area contributed by atoms with Gasteiger partial charge in [-0.2, -0.15) is 0 Å². The molecule has 2 fully saturated rings. The summed E-state index contributed by atoms with van der Waals surface area (Å²) in [6, 6.07) is -0.132. The third kappa shape index (κ3) is 3.69. The number of hydrogen-bond donors (Lipinski definition) is 1. The highest BCUT2D eigenvalue weighted by molar-refractivity contribution is 7.13. The number of aromatic nitrogens is 1. The first-order valence-electron chi connectivity index (χ1n) is 9.72. The van der Waals surface area contributed by atoms with Crippen LogP contribution in [-0.2, 0) is 11.4 Å². The summed E-state index contributed by atoms with van der Waals surface area (Å²) in [4.78, 5) is 36.2. The minimum absolute atomic E-state index is 0.0308. The summed E-state index contributed by atoms with van der Waals surface area (Å²) < 4.78 is 0. The number of aliphatic hydroxyl groups excluding tert-OH is 1. The van der Waals surface area contributed by atoms with Crippen molar-refractivity contribution in [2.75, 3.05) is 31.1 Å². The van der Waals surface area contributed by atoms with Crippen molar-refractivity contribution in [3.63, 3.8) is 0 Å². The Labute approximate surface area is 165 Å². The van der Waals surface area contributed by atoms with Crippen LogP contribution in [0.4, 0.5) is 9.93 Å². The van der Waals surface area contributed by atoms with Gasteiger partial charge >= 0.3 is 6.03 Å². The number of carbonyl (C=O) groups is 2. The lowest BCUT2D eigenvalue weighted by molar-refractivity contribution is -0.134. The number of anilines is 1. The maximum absolute atomic E-state index is 13.3. The monoisotopic (exact) mass is 394 g/mol. The molecule has 3 amide bonds. The molecule has 27 heavy (non-hydrogen) atoms. The predicted octanol–water partition coefficient (Wildman–Crippen LogP) is 2.55. The molecule has 0 aromatic carbocycles. The molecule has 1 spiro atoms. The summed E-state index contributed by atoms with van der Waals surface area (Å²) in [5.74, 6) is 0.527. The minimum atomic E-state index is -0.718. The van der Waals surface area contributed by atoms with Crippen molar-refractivity contribution in [2.45, 2.75) is 52.7 Å². The molecule has 0 aliphatic carbocycles. The number of urea groups is 1. The van der Waals surface area contributed by atoms with Crippen LogP contribution < -0.4 is 4.90 Å². The lowest BCUT2D eigenvalue weighted by Crippen LogP contribution is -2.57. The van der Waals surface area contributed by atoms with Crippen LogP contribution in [0.25, 0.3) is 0 Å². The van der Waals surface area contributed by atoms with Gasteiger partial charge in [0.25, 0.3) is 5.91 Å². The van der Waals surface area contributed by atoms with Crippen LogP contribution in [-0.4, -0.2) is 63.5 Å². The predicted molar refractivity (Wildman–Crippen MR) is 106 cm³/mol. The summed E-state index contributed by atoms with van der Waals surface area (Å²) in [7, 11) is 0. The first kappa shape index (κ1) is 20.1. The maximum Gasteiger partial charge on any atom is 0.327 e. The third-order valence-electron chi connectivity index (χ3n) is 5.28. The number of thiazole rings is 1. The lowest BCUT2D eigenvalue weighted by atomic mass is 9.85. The Morgan fingerprint density at radius 1 is 1.15 bits per heavy atom. The molecule has 3 rings (SSSR count). The fraction of sp³-hybridized carbons (Fsp3) is 0.737. The van der Waals surface area contributed by atoms with Crippen LogP contribution in [0.1, 0.15) is 46.2 Å². The van der Waals surface area contributed by atoms with Crippen molar-refractivity contribution >= 4 is 28.4 Å². The van der Waals surface area contributed by atoms with Gasteiger partial charge in [-0.25, -0.2) is 9.78 Å². The summed E-state index contributed by atoms with van der Waals surface area (Å²) in [5.41, 5.74) is -0.0453. The van der Waals surface area contributed by atoms with Crippen molar-refractivity contribution in [2.24, 2.45) is 11.8 Å². The van der Waals surface area contributed by atoms with Crippen LogP contribution in [0.5, 0.6) is 0 Å². The van der Waals surface area contributed by atoms with Gasteiger partial charge < -0.3 is 14.9 Å². The van der Waals surface area contributed by atoms with E-state index in [4.69, 9.17) is 0 Å². The molecule has 1 aromatic heterocycles. The second kappa shape index (κ2) is 7.75. The molecule has 0 atom stereocenters. The average molecular weight is 395 g/mol.